The van der Waals surface area contributed by atoms with Gasteiger partial charge in [-0.25, -0.2) is 4.79 Å². The number of nitrogens with zero attached hydrogens (tertiary/aromatic N) is 2. The highest BCUT2D eigenvalue weighted by molar-refractivity contribution is 5.78. The highest BCUT2D eigenvalue weighted by Crippen LogP contribution is 2.12. The monoisotopic (exact) mass is 380 g/mol. The van der Waals surface area contributed by atoms with Gasteiger partial charge >= 0.3 is 6.03 Å². The van der Waals surface area contributed by atoms with Gasteiger partial charge in [-0.15, -0.1) is 0 Å². The van der Waals surface area contributed by atoms with Crippen molar-refractivity contribution in [2.24, 2.45) is 0 Å². The molecule has 0 aromatic heterocycles. The molecule has 1 atom stereocenters. The van der Waals surface area contributed by atoms with Gasteiger partial charge in [-0.1, -0.05) is 60.7 Å². The number of nitrogens with one attached hydrogen (secondary N) is 2. The number of carbonyl (C=O) groups is 2. The van der Waals surface area contributed by atoms with Gasteiger partial charge in [0.15, 0.2) is 0 Å². The highest BCUT2D eigenvalue weighted by atomic mass is 16.2. The first kappa shape index (κ1) is 19.9. The first-order valence-electron chi connectivity index (χ1n) is 9.75. The number of rotatable bonds is 6. The lowest BCUT2D eigenvalue weighted by atomic mass is 10.1. The molecule has 1 aliphatic heterocycles. The van der Waals surface area contributed by atoms with Gasteiger partial charge in [0.05, 0.1) is 12.6 Å². The molecule has 0 bridgehead atoms. The molecule has 2 aromatic carbocycles. The van der Waals surface area contributed by atoms with Gasteiger partial charge in [0.2, 0.25) is 5.91 Å². The summed E-state index contributed by atoms with van der Waals surface area (Å²) in [7, 11) is 0. The lowest BCUT2D eigenvalue weighted by Crippen LogP contribution is -2.53. The topological polar surface area (TPSA) is 64.7 Å². The average Bonchev–Trinajstić information content (AvgIpc) is 2.74. The van der Waals surface area contributed by atoms with Crippen molar-refractivity contribution in [1.82, 2.24) is 20.4 Å². The van der Waals surface area contributed by atoms with E-state index in [1.165, 1.54) is 0 Å². The van der Waals surface area contributed by atoms with Gasteiger partial charge in [0, 0.05) is 32.7 Å². The molecule has 1 fully saturated rings. The van der Waals surface area contributed by atoms with Crippen molar-refractivity contribution in [2.45, 2.75) is 19.5 Å². The maximum atomic E-state index is 12.5. The Morgan fingerprint density at radius 3 is 2.18 bits per heavy atom. The van der Waals surface area contributed by atoms with Crippen LogP contribution in [-0.2, 0) is 11.3 Å². The zero-order valence-corrected chi connectivity index (χ0v) is 16.3. The van der Waals surface area contributed by atoms with Crippen LogP contribution in [0.2, 0.25) is 0 Å². The first-order valence-corrected chi connectivity index (χ1v) is 9.75. The molecule has 6 nitrogen and oxygen atoms in total. The molecule has 1 aliphatic rings. The molecule has 2 N–H and O–H groups in total. The van der Waals surface area contributed by atoms with Crippen LogP contribution in [0.3, 0.4) is 0 Å². The van der Waals surface area contributed by atoms with Gasteiger partial charge in [0.1, 0.15) is 0 Å². The molecule has 3 amide bonds. The number of piperazine rings is 1. The Labute approximate surface area is 166 Å². The second-order valence-electron chi connectivity index (χ2n) is 7.11. The molecule has 2 aromatic rings. The summed E-state index contributed by atoms with van der Waals surface area (Å²) < 4.78 is 0. The van der Waals surface area contributed by atoms with Crippen molar-refractivity contribution in [1.29, 1.82) is 0 Å². The third-order valence-corrected chi connectivity index (χ3v) is 5.00. The molecule has 0 spiro atoms. The molecule has 1 heterocycles. The van der Waals surface area contributed by atoms with Gasteiger partial charge < -0.3 is 15.5 Å². The Balaban J connectivity index is 1.38. The largest absolute Gasteiger partial charge is 0.351 e. The van der Waals surface area contributed by atoms with E-state index in [2.05, 4.69) is 15.5 Å². The van der Waals surface area contributed by atoms with Crippen molar-refractivity contribution in [2.75, 3.05) is 32.7 Å². The van der Waals surface area contributed by atoms with E-state index in [-0.39, 0.29) is 18.0 Å². The summed E-state index contributed by atoms with van der Waals surface area (Å²) in [5.41, 5.74) is 2.18. The summed E-state index contributed by atoms with van der Waals surface area (Å²) in [5.74, 6) is 0.0134. The van der Waals surface area contributed by atoms with Gasteiger partial charge in [-0.3, -0.25) is 9.69 Å². The SMILES string of the molecule is CC(NC(=O)N1CCN(CC(=O)NCc2ccccc2)CC1)c1ccccc1. The predicted molar refractivity (Wildman–Crippen MR) is 110 cm³/mol. The average molecular weight is 380 g/mol. The zero-order valence-electron chi connectivity index (χ0n) is 16.3. The molecule has 28 heavy (non-hydrogen) atoms. The Morgan fingerprint density at radius 1 is 0.929 bits per heavy atom. The van der Waals surface area contributed by atoms with Crippen LogP contribution in [0.5, 0.6) is 0 Å². The highest BCUT2D eigenvalue weighted by Gasteiger charge is 2.23. The normalized spacial score (nSPS) is 15.7. The Morgan fingerprint density at radius 2 is 1.54 bits per heavy atom. The van der Waals surface area contributed by atoms with E-state index in [1.807, 2.05) is 72.5 Å². The Kier molecular flexibility index (Phi) is 7.03. The van der Waals surface area contributed by atoms with Crippen LogP contribution in [0, 0.1) is 0 Å². The summed E-state index contributed by atoms with van der Waals surface area (Å²) in [6.45, 7) is 5.54. The van der Waals surface area contributed by atoms with Crippen molar-refractivity contribution in [3.05, 3.63) is 71.8 Å². The molecule has 1 unspecified atom stereocenters. The van der Waals surface area contributed by atoms with Crippen molar-refractivity contribution < 1.29 is 9.59 Å². The minimum Gasteiger partial charge on any atom is -0.351 e. The number of hydrogen-bond donors (Lipinski definition) is 2. The van der Waals surface area contributed by atoms with Gasteiger partial charge in [-0.2, -0.15) is 0 Å². The third-order valence-electron chi connectivity index (χ3n) is 5.00. The molecular weight excluding hydrogens is 352 g/mol. The number of urea groups is 1. The van der Waals surface area contributed by atoms with Crippen LogP contribution >= 0.6 is 0 Å². The summed E-state index contributed by atoms with van der Waals surface area (Å²) in [5, 5.41) is 6.00. The molecule has 6 heteroatoms. The van der Waals surface area contributed by atoms with Crippen LogP contribution in [0.15, 0.2) is 60.7 Å². The molecule has 0 saturated carbocycles. The predicted octanol–water partition coefficient (Wildman–Crippen LogP) is 2.39. The Bertz CT molecular complexity index is 759. The second-order valence-corrected chi connectivity index (χ2v) is 7.11. The van der Waals surface area contributed by atoms with Gasteiger partial charge in [-0.05, 0) is 18.1 Å². The number of benzene rings is 2. The van der Waals surface area contributed by atoms with E-state index in [4.69, 9.17) is 0 Å². The van der Waals surface area contributed by atoms with Crippen LogP contribution in [0.4, 0.5) is 4.79 Å². The zero-order chi connectivity index (χ0) is 19.8. The summed E-state index contributed by atoms with van der Waals surface area (Å²) in [6.07, 6.45) is 0. The lowest BCUT2D eigenvalue weighted by molar-refractivity contribution is -0.122. The van der Waals surface area contributed by atoms with Crippen LogP contribution in [0.1, 0.15) is 24.1 Å². The third kappa shape index (κ3) is 5.82. The fourth-order valence-corrected chi connectivity index (χ4v) is 3.27. The Hall–Kier alpha value is -2.86. The molecule has 3 rings (SSSR count). The van der Waals surface area contributed by atoms with Crippen molar-refractivity contribution in [3.63, 3.8) is 0 Å². The van der Waals surface area contributed by atoms with E-state index in [0.717, 1.165) is 11.1 Å². The first-order chi connectivity index (χ1) is 13.6. The molecule has 1 saturated heterocycles. The van der Waals surface area contributed by atoms with E-state index in [0.29, 0.717) is 39.3 Å². The van der Waals surface area contributed by atoms with Crippen LogP contribution < -0.4 is 10.6 Å². The smallest absolute Gasteiger partial charge is 0.317 e. The maximum Gasteiger partial charge on any atom is 0.317 e. The van der Waals surface area contributed by atoms with Crippen molar-refractivity contribution >= 4 is 11.9 Å². The summed E-state index contributed by atoms with van der Waals surface area (Å²) in [6, 6.07) is 19.7. The number of carbonyl (C=O) groups excluding carboxylic acids is 2. The van der Waals surface area contributed by atoms with Gasteiger partial charge in [0.25, 0.3) is 0 Å². The van der Waals surface area contributed by atoms with E-state index < -0.39 is 0 Å². The summed E-state index contributed by atoms with van der Waals surface area (Å²) in [4.78, 5) is 28.5. The summed E-state index contributed by atoms with van der Waals surface area (Å²) >= 11 is 0. The minimum atomic E-state index is -0.0514. The molecule has 0 aliphatic carbocycles. The van der Waals surface area contributed by atoms with E-state index >= 15 is 0 Å². The fourth-order valence-electron chi connectivity index (χ4n) is 3.27. The lowest BCUT2D eigenvalue weighted by Gasteiger charge is -2.35. The minimum absolute atomic E-state index is 0.0134. The molecule has 148 valence electrons. The molecule has 0 radical (unpaired) electrons. The van der Waals surface area contributed by atoms with Crippen molar-refractivity contribution in [3.8, 4) is 0 Å². The van der Waals surface area contributed by atoms with E-state index in [1.54, 1.807) is 0 Å². The van der Waals surface area contributed by atoms with Crippen LogP contribution in [-0.4, -0.2) is 54.5 Å². The quantitative estimate of drug-likeness (QED) is 0.809. The number of hydrogen-bond acceptors (Lipinski definition) is 3. The second kappa shape index (κ2) is 9.90. The molecular formula is C22H28N4O2. The number of amides is 3. The maximum absolute atomic E-state index is 12.5. The fraction of sp³-hybridized carbons (Fsp3) is 0.364. The van der Waals surface area contributed by atoms with E-state index in [9.17, 15) is 9.59 Å². The standard InChI is InChI=1S/C22H28N4O2/c1-18(20-10-6-3-7-11-20)24-22(28)26-14-12-25(13-15-26)17-21(27)23-16-19-8-4-2-5-9-19/h2-11,18H,12-17H2,1H3,(H,23,27)(H,24,28). The van der Waals surface area contributed by atoms with Crippen LogP contribution in [0.25, 0.3) is 0 Å².